The lowest BCUT2D eigenvalue weighted by atomic mass is 9.98. The molecule has 0 aromatic carbocycles. The van der Waals surface area contributed by atoms with Crippen molar-refractivity contribution in [3.8, 4) is 142 Å². The SMILES string of the molecule is CC#CC#CC#CC#CC#CC#CC#CC#CC#CC#CC#CC#CC(=O)N[C@@H](CO[C@H]1OC(CO)[C@H](O)[C@H](O)C1O)[C@H](O)CC[C@@H](O)[C@H](CO[C@H]1OC(CO)[C@H](O)[C@H](O)C1O)NC(C)=O. The van der Waals surface area contributed by atoms with Gasteiger partial charge in [-0.2, -0.15) is 0 Å². The highest BCUT2D eigenvalue weighted by Gasteiger charge is 2.45. The molecule has 0 aromatic heterocycles. The van der Waals surface area contributed by atoms with Crippen LogP contribution in [-0.4, -0.2) is 175 Å². The van der Waals surface area contributed by atoms with E-state index in [9.17, 15) is 60.7 Å². The molecule has 2 heterocycles. The van der Waals surface area contributed by atoms with Crippen LogP contribution in [-0.2, 0) is 28.5 Å². The fourth-order valence-corrected chi connectivity index (χ4v) is 5.29. The summed E-state index contributed by atoms with van der Waals surface area (Å²) >= 11 is 0. The predicted molar refractivity (Wildman–Crippen MR) is 229 cm³/mol. The van der Waals surface area contributed by atoms with Crippen molar-refractivity contribution in [2.45, 2.75) is 112 Å². The molecule has 18 nitrogen and oxygen atoms in total. The number of carbonyl (C=O) groups excluding carboxylic acids is 2. The first-order valence-electron chi connectivity index (χ1n) is 19.5. The summed E-state index contributed by atoms with van der Waals surface area (Å²) < 4.78 is 21.6. The van der Waals surface area contributed by atoms with Crippen molar-refractivity contribution in [1.82, 2.24) is 10.6 Å². The molecular formula is C48H44N2O16. The number of hydrogen-bond acceptors (Lipinski definition) is 16. The van der Waals surface area contributed by atoms with Crippen LogP contribution in [0.15, 0.2) is 0 Å². The fraction of sp³-hybridized carbons (Fsp3) is 0.458. The quantitative estimate of drug-likeness (QED) is 0.0681. The molecule has 2 saturated heterocycles. The molecule has 0 bridgehead atoms. The Labute approximate surface area is 382 Å². The zero-order chi connectivity index (χ0) is 48.7. The maximum absolute atomic E-state index is 12.8. The predicted octanol–water partition coefficient (Wildman–Crippen LogP) is -6.83. The minimum Gasteiger partial charge on any atom is -0.394 e. The zero-order valence-corrected chi connectivity index (χ0v) is 35.2. The molecule has 18 heteroatoms. The number of ether oxygens (including phenoxy) is 4. The normalized spacial score (nSPS) is 24.7. The van der Waals surface area contributed by atoms with E-state index < -0.39 is 124 Å². The number of carbonyl (C=O) groups is 2. The number of aliphatic hydroxyl groups is 10. The second-order valence-corrected chi connectivity index (χ2v) is 13.3. The molecule has 66 heavy (non-hydrogen) atoms. The van der Waals surface area contributed by atoms with E-state index >= 15 is 0 Å². The van der Waals surface area contributed by atoms with E-state index in [1.165, 1.54) is 0 Å². The lowest BCUT2D eigenvalue weighted by Crippen LogP contribution is -2.60. The van der Waals surface area contributed by atoms with Crippen molar-refractivity contribution in [2.24, 2.45) is 0 Å². The molecule has 2 rings (SSSR count). The largest absolute Gasteiger partial charge is 0.394 e. The third-order valence-electron chi connectivity index (χ3n) is 8.58. The summed E-state index contributed by atoms with van der Waals surface area (Å²) in [6.07, 6.45) is -19.9. The second-order valence-electron chi connectivity index (χ2n) is 13.3. The molecule has 2 amide bonds. The van der Waals surface area contributed by atoms with Gasteiger partial charge in [-0.25, -0.2) is 0 Å². The maximum Gasteiger partial charge on any atom is 0.297 e. The molecule has 0 radical (unpaired) electrons. The molecule has 0 spiro atoms. The van der Waals surface area contributed by atoms with Gasteiger partial charge >= 0.3 is 0 Å². The Bertz CT molecular complexity index is 2470. The molecule has 342 valence electrons. The molecule has 2 aliphatic heterocycles. The average Bonchev–Trinajstić information content (AvgIpc) is 3.30. The van der Waals surface area contributed by atoms with Gasteiger partial charge in [0.05, 0.1) is 50.7 Å². The summed E-state index contributed by atoms with van der Waals surface area (Å²) in [6, 6.07) is -2.55. The van der Waals surface area contributed by atoms with Gasteiger partial charge in [0.15, 0.2) is 12.6 Å². The lowest BCUT2D eigenvalue weighted by Gasteiger charge is -2.40. The summed E-state index contributed by atoms with van der Waals surface area (Å²) in [4.78, 5) is 24.7. The van der Waals surface area contributed by atoms with Gasteiger partial charge < -0.3 is 80.6 Å². The number of hydrogen-bond donors (Lipinski definition) is 12. The number of amides is 2. The first-order chi connectivity index (χ1) is 31.7. The Balaban J connectivity index is 2.08. The van der Waals surface area contributed by atoms with Gasteiger partial charge in [-0.05, 0) is 114 Å². The Kier molecular flexibility index (Phi) is 26.7. The highest BCUT2D eigenvalue weighted by molar-refractivity contribution is 5.94. The van der Waals surface area contributed by atoms with Crippen LogP contribution in [0.2, 0.25) is 0 Å². The lowest BCUT2D eigenvalue weighted by molar-refractivity contribution is -0.303. The summed E-state index contributed by atoms with van der Waals surface area (Å²) in [5.74, 6) is 56.8. The van der Waals surface area contributed by atoms with Gasteiger partial charge in [0.1, 0.15) is 48.8 Å². The highest BCUT2D eigenvalue weighted by atomic mass is 16.7. The Hall–Kier alpha value is -6.90. The topological polar surface area (TPSA) is 297 Å². The summed E-state index contributed by atoms with van der Waals surface area (Å²) in [7, 11) is 0. The van der Waals surface area contributed by atoms with Crippen LogP contribution in [0.4, 0.5) is 0 Å². The van der Waals surface area contributed by atoms with E-state index in [-0.39, 0.29) is 12.8 Å². The van der Waals surface area contributed by atoms with Crippen LogP contribution in [0, 0.1) is 142 Å². The summed E-state index contributed by atoms with van der Waals surface area (Å²) in [5, 5.41) is 107. The molecule has 14 atom stereocenters. The fourth-order valence-electron chi connectivity index (χ4n) is 5.29. The van der Waals surface area contributed by atoms with Gasteiger partial charge in [-0.3, -0.25) is 9.59 Å². The summed E-state index contributed by atoms with van der Waals surface area (Å²) in [6.45, 7) is 0.185. The van der Waals surface area contributed by atoms with Gasteiger partial charge in [0.25, 0.3) is 5.91 Å². The van der Waals surface area contributed by atoms with E-state index in [1.54, 1.807) is 6.92 Å². The highest BCUT2D eigenvalue weighted by Crippen LogP contribution is 2.24. The van der Waals surface area contributed by atoms with Gasteiger partial charge in [-0.15, -0.1) is 0 Å². The number of nitrogens with one attached hydrogen (secondary N) is 2. The Morgan fingerprint density at radius 3 is 1.14 bits per heavy atom. The van der Waals surface area contributed by atoms with Crippen LogP contribution >= 0.6 is 0 Å². The van der Waals surface area contributed by atoms with Crippen molar-refractivity contribution >= 4 is 11.8 Å². The first-order valence-corrected chi connectivity index (χ1v) is 19.5. The van der Waals surface area contributed by atoms with Crippen molar-refractivity contribution < 1.29 is 79.6 Å². The smallest absolute Gasteiger partial charge is 0.297 e. The Morgan fingerprint density at radius 2 is 0.818 bits per heavy atom. The van der Waals surface area contributed by atoms with Gasteiger partial charge in [-0.1, -0.05) is 5.92 Å². The minimum absolute atomic E-state index is 0.277. The molecule has 2 fully saturated rings. The molecular weight excluding hydrogens is 861 g/mol. The van der Waals surface area contributed by atoms with E-state index in [0.29, 0.717) is 0 Å². The van der Waals surface area contributed by atoms with Crippen LogP contribution in [0.5, 0.6) is 0 Å². The average molecular weight is 905 g/mol. The van der Waals surface area contributed by atoms with Crippen molar-refractivity contribution in [2.75, 3.05) is 26.4 Å². The van der Waals surface area contributed by atoms with E-state index in [1.807, 2.05) is 0 Å². The van der Waals surface area contributed by atoms with Crippen molar-refractivity contribution in [3.05, 3.63) is 0 Å². The van der Waals surface area contributed by atoms with E-state index in [0.717, 1.165) is 6.92 Å². The van der Waals surface area contributed by atoms with Gasteiger partial charge in [0, 0.05) is 48.4 Å². The van der Waals surface area contributed by atoms with Crippen LogP contribution in [0.25, 0.3) is 0 Å². The summed E-state index contributed by atoms with van der Waals surface area (Å²) in [5.41, 5.74) is 0. The third kappa shape index (κ3) is 20.7. The standard InChI is InChI=1S/C48H44N2O16/c1-3-4-5-6-7-8-9-10-11-12-13-14-15-16-17-18-19-20-21-22-23-24-25-26-40(56)50-35(32-64-48-46(62)44(60)42(58)39(30-52)66-48)37(55)28-27-36(54)34(49-33(2)53)31-63-47-45(61)43(59)41(57)38(29-51)65-47/h34-39,41-48,51-52,54-55,57-62H,27-32H2,1-2H3,(H,49,53)(H,50,56)/t34-,35-,36+,37+,38?,39?,41-,42-,43-,44-,45?,46?,47-,48-/m0/s1. The molecule has 2 aliphatic rings. The van der Waals surface area contributed by atoms with Crippen molar-refractivity contribution in [3.63, 3.8) is 0 Å². The molecule has 4 unspecified atom stereocenters. The number of rotatable bonds is 15. The molecule has 0 aliphatic carbocycles. The Morgan fingerprint density at radius 1 is 0.500 bits per heavy atom. The van der Waals surface area contributed by atoms with Crippen LogP contribution < -0.4 is 10.6 Å². The van der Waals surface area contributed by atoms with E-state index in [2.05, 4.69) is 153 Å². The molecule has 0 aromatic rings. The van der Waals surface area contributed by atoms with Gasteiger partial charge in [0.2, 0.25) is 5.91 Å². The van der Waals surface area contributed by atoms with Crippen LogP contribution in [0.1, 0.15) is 26.7 Å². The second kappa shape index (κ2) is 31.9. The maximum atomic E-state index is 12.8. The van der Waals surface area contributed by atoms with Crippen molar-refractivity contribution in [1.29, 1.82) is 0 Å². The molecule has 0 saturated carbocycles. The minimum atomic E-state index is -1.82. The zero-order valence-electron chi connectivity index (χ0n) is 35.2. The molecule has 12 N–H and O–H groups in total. The van der Waals surface area contributed by atoms with E-state index in [4.69, 9.17) is 18.9 Å². The van der Waals surface area contributed by atoms with Crippen LogP contribution in [0.3, 0.4) is 0 Å². The monoisotopic (exact) mass is 904 g/mol. The first kappa shape index (κ1) is 55.2. The number of aliphatic hydroxyl groups excluding tert-OH is 10. The third-order valence-corrected chi connectivity index (χ3v) is 8.58.